The van der Waals surface area contributed by atoms with Gasteiger partial charge in [0.2, 0.25) is 11.8 Å². The molecule has 2 aliphatic rings. The quantitative estimate of drug-likeness (QED) is 0.885. The number of amides is 2. The van der Waals surface area contributed by atoms with Gasteiger partial charge in [-0.1, -0.05) is 0 Å². The Balaban J connectivity index is 1.39. The van der Waals surface area contributed by atoms with Crippen LogP contribution in [0.3, 0.4) is 0 Å². The molecule has 2 aliphatic heterocycles. The number of nitrogens with one attached hydrogen (secondary N) is 1. The number of hydrogen-bond acceptors (Lipinski definition) is 5. The Kier molecular flexibility index (Phi) is 5.84. The average Bonchev–Trinajstić information content (AvgIpc) is 3.24. The molecule has 24 heavy (non-hydrogen) atoms. The Morgan fingerprint density at radius 1 is 1.38 bits per heavy atom. The van der Waals surface area contributed by atoms with E-state index in [9.17, 15) is 9.59 Å². The normalized spacial score (nSPS) is 21.9. The van der Waals surface area contributed by atoms with Gasteiger partial charge in [-0.2, -0.15) is 0 Å². The Morgan fingerprint density at radius 3 is 2.79 bits per heavy atom. The lowest BCUT2D eigenvalue weighted by atomic mass is 9.95. The molecule has 1 atom stereocenters. The van der Waals surface area contributed by atoms with Gasteiger partial charge in [0.1, 0.15) is 0 Å². The number of anilines is 1. The summed E-state index contributed by atoms with van der Waals surface area (Å²) < 4.78 is 5.57. The molecule has 0 bridgehead atoms. The first-order valence-corrected chi connectivity index (χ1v) is 9.62. The maximum absolute atomic E-state index is 12.3. The summed E-state index contributed by atoms with van der Waals surface area (Å²) in [7, 11) is 0. The summed E-state index contributed by atoms with van der Waals surface area (Å²) in [5, 5.41) is 5.47. The Hall–Kier alpha value is -1.47. The van der Waals surface area contributed by atoms with Gasteiger partial charge in [0.15, 0.2) is 5.13 Å². The van der Waals surface area contributed by atoms with Gasteiger partial charge in [0.25, 0.3) is 0 Å². The average molecular weight is 351 g/mol. The van der Waals surface area contributed by atoms with Crippen LogP contribution in [0.1, 0.15) is 44.2 Å². The predicted molar refractivity (Wildman–Crippen MR) is 93.0 cm³/mol. The van der Waals surface area contributed by atoms with Gasteiger partial charge in [-0.05, 0) is 39.0 Å². The second kappa shape index (κ2) is 8.07. The van der Waals surface area contributed by atoms with Crippen LogP contribution in [0.15, 0.2) is 5.38 Å². The van der Waals surface area contributed by atoms with E-state index in [0.29, 0.717) is 24.6 Å². The molecule has 3 rings (SSSR count). The monoisotopic (exact) mass is 351 g/mol. The molecule has 6 nitrogen and oxygen atoms in total. The van der Waals surface area contributed by atoms with Crippen LogP contribution in [0.25, 0.3) is 0 Å². The van der Waals surface area contributed by atoms with Gasteiger partial charge in [-0.15, -0.1) is 11.3 Å². The summed E-state index contributed by atoms with van der Waals surface area (Å²) in [4.78, 5) is 30.7. The number of ether oxygens (including phenoxy) is 1. The van der Waals surface area contributed by atoms with Crippen molar-refractivity contribution in [3.63, 3.8) is 0 Å². The van der Waals surface area contributed by atoms with Crippen molar-refractivity contribution < 1.29 is 14.3 Å². The third-order valence-corrected chi connectivity index (χ3v) is 5.65. The van der Waals surface area contributed by atoms with Gasteiger partial charge in [0.05, 0.1) is 11.8 Å². The molecule has 132 valence electrons. The zero-order valence-electron chi connectivity index (χ0n) is 14.1. The molecule has 1 aromatic heterocycles. The first-order valence-electron chi connectivity index (χ1n) is 8.74. The number of nitrogens with zero attached hydrogens (tertiary/aromatic N) is 2. The van der Waals surface area contributed by atoms with Crippen molar-refractivity contribution in [2.45, 2.75) is 51.6 Å². The maximum Gasteiger partial charge on any atom is 0.229 e. The van der Waals surface area contributed by atoms with E-state index in [1.165, 1.54) is 11.3 Å². The lowest BCUT2D eigenvalue weighted by molar-refractivity contribution is -0.135. The van der Waals surface area contributed by atoms with E-state index in [2.05, 4.69) is 10.3 Å². The zero-order chi connectivity index (χ0) is 16.9. The number of carbonyl (C=O) groups is 2. The van der Waals surface area contributed by atoms with Gasteiger partial charge in [-0.3, -0.25) is 9.59 Å². The van der Waals surface area contributed by atoms with Crippen molar-refractivity contribution >= 4 is 28.3 Å². The molecular formula is C17H25N3O3S. The SMILES string of the molecule is Cc1csc(NC(=O)C2CCN(C(=O)CCC3CCCO3)CC2)n1. The summed E-state index contributed by atoms with van der Waals surface area (Å²) in [6.07, 6.45) is 5.27. The lowest BCUT2D eigenvalue weighted by Crippen LogP contribution is -2.41. The minimum Gasteiger partial charge on any atom is -0.378 e. The summed E-state index contributed by atoms with van der Waals surface area (Å²) in [6, 6.07) is 0. The van der Waals surface area contributed by atoms with Crippen molar-refractivity contribution in [3.8, 4) is 0 Å². The minimum absolute atomic E-state index is 0.0239. The second-order valence-corrected chi connectivity index (χ2v) is 7.47. The number of hydrogen-bond donors (Lipinski definition) is 1. The lowest BCUT2D eigenvalue weighted by Gasteiger charge is -2.31. The highest BCUT2D eigenvalue weighted by Gasteiger charge is 2.28. The number of likely N-dealkylation sites (tertiary alicyclic amines) is 1. The van der Waals surface area contributed by atoms with E-state index in [4.69, 9.17) is 4.74 Å². The van der Waals surface area contributed by atoms with E-state index >= 15 is 0 Å². The molecule has 1 aromatic rings. The highest BCUT2D eigenvalue weighted by molar-refractivity contribution is 7.13. The first-order chi connectivity index (χ1) is 11.6. The van der Waals surface area contributed by atoms with Crippen molar-refractivity contribution in [3.05, 3.63) is 11.1 Å². The molecule has 0 spiro atoms. The molecule has 1 N–H and O–H groups in total. The van der Waals surface area contributed by atoms with E-state index < -0.39 is 0 Å². The fourth-order valence-corrected chi connectivity index (χ4v) is 4.02. The molecule has 0 saturated carbocycles. The second-order valence-electron chi connectivity index (χ2n) is 6.61. The van der Waals surface area contributed by atoms with E-state index in [-0.39, 0.29) is 23.8 Å². The standard InChI is InChI=1S/C17H25N3O3S/c1-12-11-24-17(18-12)19-16(22)13-6-8-20(9-7-13)15(21)5-4-14-3-2-10-23-14/h11,13-14H,2-10H2,1H3,(H,18,19,22). The fourth-order valence-electron chi connectivity index (χ4n) is 3.32. The molecule has 0 radical (unpaired) electrons. The number of aryl methyl sites for hydroxylation is 1. The van der Waals surface area contributed by atoms with Gasteiger partial charge >= 0.3 is 0 Å². The summed E-state index contributed by atoms with van der Waals surface area (Å²) in [5.41, 5.74) is 0.918. The zero-order valence-corrected chi connectivity index (χ0v) is 14.9. The highest BCUT2D eigenvalue weighted by Crippen LogP contribution is 2.23. The summed E-state index contributed by atoms with van der Waals surface area (Å²) in [6.45, 7) is 4.07. The van der Waals surface area contributed by atoms with Crippen molar-refractivity contribution in [1.82, 2.24) is 9.88 Å². The third-order valence-electron chi connectivity index (χ3n) is 4.77. The molecule has 3 heterocycles. The predicted octanol–water partition coefficient (Wildman–Crippen LogP) is 2.59. The van der Waals surface area contributed by atoms with Crippen LogP contribution in [-0.2, 0) is 14.3 Å². The molecule has 0 aromatic carbocycles. The van der Waals surface area contributed by atoms with Gasteiger partial charge in [-0.25, -0.2) is 4.98 Å². The Bertz CT molecular complexity index is 575. The molecule has 2 fully saturated rings. The molecular weight excluding hydrogens is 326 g/mol. The van der Waals surface area contributed by atoms with Crippen LogP contribution < -0.4 is 5.32 Å². The topological polar surface area (TPSA) is 71.5 Å². The number of piperidine rings is 1. The Labute approximate surface area is 146 Å². The van der Waals surface area contributed by atoms with Crippen molar-refractivity contribution in [1.29, 1.82) is 0 Å². The minimum atomic E-state index is -0.0311. The summed E-state index contributed by atoms with van der Waals surface area (Å²) in [5.74, 6) is 0.187. The molecule has 1 unspecified atom stereocenters. The molecule has 0 aliphatic carbocycles. The fraction of sp³-hybridized carbons (Fsp3) is 0.706. The Morgan fingerprint density at radius 2 is 2.17 bits per heavy atom. The van der Waals surface area contributed by atoms with Crippen LogP contribution in [0.2, 0.25) is 0 Å². The summed E-state index contributed by atoms with van der Waals surface area (Å²) >= 11 is 1.45. The van der Waals surface area contributed by atoms with Crippen LogP contribution in [0, 0.1) is 12.8 Å². The van der Waals surface area contributed by atoms with Crippen molar-refractivity contribution in [2.24, 2.45) is 5.92 Å². The van der Waals surface area contributed by atoms with E-state index in [0.717, 1.165) is 44.4 Å². The third kappa shape index (κ3) is 4.54. The van der Waals surface area contributed by atoms with Gasteiger partial charge < -0.3 is 15.0 Å². The molecule has 2 amide bonds. The van der Waals surface area contributed by atoms with E-state index in [1.807, 2.05) is 17.2 Å². The molecule has 7 heteroatoms. The van der Waals surface area contributed by atoms with Crippen LogP contribution >= 0.6 is 11.3 Å². The maximum atomic E-state index is 12.3. The van der Waals surface area contributed by atoms with Crippen LogP contribution in [-0.4, -0.2) is 47.5 Å². The van der Waals surface area contributed by atoms with Gasteiger partial charge in [0, 0.05) is 37.4 Å². The van der Waals surface area contributed by atoms with Crippen LogP contribution in [0.5, 0.6) is 0 Å². The highest BCUT2D eigenvalue weighted by atomic mass is 32.1. The number of thiazole rings is 1. The van der Waals surface area contributed by atoms with E-state index in [1.54, 1.807) is 0 Å². The van der Waals surface area contributed by atoms with Crippen LogP contribution in [0.4, 0.5) is 5.13 Å². The largest absolute Gasteiger partial charge is 0.378 e. The molecule has 2 saturated heterocycles. The van der Waals surface area contributed by atoms with Crippen molar-refractivity contribution in [2.75, 3.05) is 25.0 Å². The smallest absolute Gasteiger partial charge is 0.229 e. The first kappa shape index (κ1) is 17.4. The number of aromatic nitrogens is 1. The number of carbonyl (C=O) groups excluding carboxylic acids is 2. The number of rotatable bonds is 5.